The van der Waals surface area contributed by atoms with Crippen LogP contribution in [0.15, 0.2) is 0 Å². The van der Waals surface area contributed by atoms with Crippen LogP contribution in [-0.2, 0) is 9.53 Å². The van der Waals surface area contributed by atoms with E-state index in [0.717, 1.165) is 6.42 Å². The van der Waals surface area contributed by atoms with E-state index in [-0.39, 0.29) is 25.6 Å². The van der Waals surface area contributed by atoms with Gasteiger partial charge in [-0.1, -0.05) is 6.92 Å². The van der Waals surface area contributed by atoms with Gasteiger partial charge in [0.2, 0.25) is 5.91 Å². The van der Waals surface area contributed by atoms with Gasteiger partial charge >= 0.3 is 6.18 Å². The molecule has 0 spiro atoms. The van der Waals surface area contributed by atoms with Gasteiger partial charge in [-0.05, 0) is 6.42 Å². The first-order valence-electron chi connectivity index (χ1n) is 5.07. The zero-order chi connectivity index (χ0) is 12.4. The van der Waals surface area contributed by atoms with Crippen LogP contribution in [0.3, 0.4) is 0 Å². The highest BCUT2D eigenvalue weighted by atomic mass is 19.4. The van der Waals surface area contributed by atoms with Crippen molar-refractivity contribution in [1.82, 2.24) is 10.6 Å². The molecule has 0 aliphatic rings. The van der Waals surface area contributed by atoms with E-state index >= 15 is 0 Å². The normalized spacial score (nSPS) is 11.5. The first-order chi connectivity index (χ1) is 7.45. The van der Waals surface area contributed by atoms with Gasteiger partial charge in [-0.2, -0.15) is 13.2 Å². The number of halogens is 3. The number of rotatable bonds is 8. The van der Waals surface area contributed by atoms with Crippen molar-refractivity contribution in [2.45, 2.75) is 19.5 Å². The van der Waals surface area contributed by atoms with Gasteiger partial charge in [0.1, 0.15) is 6.61 Å². The van der Waals surface area contributed by atoms with Gasteiger partial charge in [-0.25, -0.2) is 0 Å². The Kier molecular flexibility index (Phi) is 7.92. The molecule has 7 heteroatoms. The lowest BCUT2D eigenvalue weighted by atomic mass is 10.4. The molecule has 4 nitrogen and oxygen atoms in total. The monoisotopic (exact) mass is 242 g/mol. The minimum atomic E-state index is -4.29. The summed E-state index contributed by atoms with van der Waals surface area (Å²) in [6.07, 6.45) is -3.45. The zero-order valence-corrected chi connectivity index (χ0v) is 9.19. The molecule has 0 radical (unpaired) electrons. The van der Waals surface area contributed by atoms with Gasteiger partial charge in [0.25, 0.3) is 0 Å². The molecule has 0 atom stereocenters. The highest BCUT2D eigenvalue weighted by Gasteiger charge is 2.27. The third kappa shape index (κ3) is 11.3. The van der Waals surface area contributed by atoms with Crippen molar-refractivity contribution < 1.29 is 22.7 Å². The van der Waals surface area contributed by atoms with Crippen LogP contribution in [0.25, 0.3) is 0 Å². The van der Waals surface area contributed by atoms with E-state index in [2.05, 4.69) is 15.4 Å². The summed E-state index contributed by atoms with van der Waals surface area (Å²) in [5.74, 6) is -0.169. The number of ether oxygens (including phenoxy) is 1. The van der Waals surface area contributed by atoms with Crippen LogP contribution in [0.4, 0.5) is 13.2 Å². The summed E-state index contributed by atoms with van der Waals surface area (Å²) in [4.78, 5) is 11.0. The highest BCUT2D eigenvalue weighted by Crippen LogP contribution is 2.13. The van der Waals surface area contributed by atoms with Crippen LogP contribution in [-0.4, -0.2) is 44.9 Å². The second kappa shape index (κ2) is 8.35. The predicted octanol–water partition coefficient (Wildman–Crippen LogP) is 0.681. The number of hydrogen-bond donors (Lipinski definition) is 2. The predicted molar refractivity (Wildman–Crippen MR) is 53.0 cm³/mol. The minimum Gasteiger partial charge on any atom is -0.371 e. The van der Waals surface area contributed by atoms with E-state index in [1.165, 1.54) is 0 Å². The van der Waals surface area contributed by atoms with E-state index in [1.807, 2.05) is 6.92 Å². The Morgan fingerprint density at radius 3 is 2.56 bits per heavy atom. The van der Waals surface area contributed by atoms with E-state index in [0.29, 0.717) is 6.54 Å². The summed E-state index contributed by atoms with van der Waals surface area (Å²) in [5.41, 5.74) is 0. The van der Waals surface area contributed by atoms with Crippen molar-refractivity contribution in [2.75, 3.05) is 32.8 Å². The van der Waals surface area contributed by atoms with Gasteiger partial charge in [0.15, 0.2) is 0 Å². The summed E-state index contributed by atoms with van der Waals surface area (Å²) in [6.45, 7) is 1.52. The lowest BCUT2D eigenvalue weighted by molar-refractivity contribution is -0.173. The molecule has 0 aromatic carbocycles. The van der Waals surface area contributed by atoms with Crippen LogP contribution in [0.5, 0.6) is 0 Å². The average molecular weight is 242 g/mol. The third-order valence-corrected chi connectivity index (χ3v) is 1.55. The Morgan fingerprint density at radius 1 is 1.31 bits per heavy atom. The van der Waals surface area contributed by atoms with Gasteiger partial charge in [-0.3, -0.25) is 4.79 Å². The summed E-state index contributed by atoms with van der Waals surface area (Å²) in [7, 11) is 0. The lowest BCUT2D eigenvalue weighted by Crippen LogP contribution is -2.35. The smallest absolute Gasteiger partial charge is 0.371 e. The fourth-order valence-corrected chi connectivity index (χ4v) is 0.861. The zero-order valence-electron chi connectivity index (χ0n) is 9.19. The maximum Gasteiger partial charge on any atom is 0.411 e. The summed E-state index contributed by atoms with van der Waals surface area (Å²) in [5, 5.41) is 5.30. The highest BCUT2D eigenvalue weighted by molar-refractivity contribution is 5.77. The largest absolute Gasteiger partial charge is 0.411 e. The molecule has 0 unspecified atom stereocenters. The number of amides is 1. The first kappa shape index (κ1) is 15.2. The van der Waals surface area contributed by atoms with Crippen molar-refractivity contribution >= 4 is 5.91 Å². The van der Waals surface area contributed by atoms with Crippen molar-refractivity contribution in [3.8, 4) is 0 Å². The molecule has 0 rings (SSSR count). The second-order valence-electron chi connectivity index (χ2n) is 3.19. The Labute approximate surface area is 92.5 Å². The van der Waals surface area contributed by atoms with E-state index in [1.54, 1.807) is 0 Å². The Hall–Kier alpha value is -0.820. The molecular formula is C9H17F3N2O2. The molecule has 0 saturated heterocycles. The third-order valence-electron chi connectivity index (χ3n) is 1.55. The molecule has 96 valence electrons. The van der Waals surface area contributed by atoms with Gasteiger partial charge in [-0.15, -0.1) is 0 Å². The van der Waals surface area contributed by atoms with Crippen LogP contribution in [0.1, 0.15) is 13.3 Å². The van der Waals surface area contributed by atoms with Crippen LogP contribution < -0.4 is 10.6 Å². The second-order valence-corrected chi connectivity index (χ2v) is 3.19. The van der Waals surface area contributed by atoms with Gasteiger partial charge in [0.05, 0.1) is 13.2 Å². The van der Waals surface area contributed by atoms with Crippen LogP contribution >= 0.6 is 0 Å². The average Bonchev–Trinajstić information content (AvgIpc) is 2.18. The Bertz CT molecular complexity index is 198. The molecule has 0 aromatic heterocycles. The number of alkyl halides is 3. The molecule has 0 heterocycles. The fourth-order valence-electron chi connectivity index (χ4n) is 0.861. The maximum atomic E-state index is 11.6. The van der Waals surface area contributed by atoms with Crippen molar-refractivity contribution in [3.05, 3.63) is 0 Å². The van der Waals surface area contributed by atoms with Crippen LogP contribution in [0, 0.1) is 0 Å². The number of carbonyl (C=O) groups excluding carboxylic acids is 1. The standard InChI is InChI=1S/C9H17F3N2O2/c1-2-3-14-8(15)6-13-4-5-16-7-9(10,11)12/h13H,2-7H2,1H3,(H,14,15). The molecule has 0 bridgehead atoms. The van der Waals surface area contributed by atoms with Gasteiger partial charge in [0, 0.05) is 13.1 Å². The fraction of sp³-hybridized carbons (Fsp3) is 0.889. The Morgan fingerprint density at radius 2 is 2.00 bits per heavy atom. The number of nitrogens with one attached hydrogen (secondary N) is 2. The minimum absolute atomic E-state index is 0.0689. The van der Waals surface area contributed by atoms with Crippen molar-refractivity contribution in [1.29, 1.82) is 0 Å². The Balaban J connectivity index is 3.24. The molecule has 0 aromatic rings. The molecule has 16 heavy (non-hydrogen) atoms. The topological polar surface area (TPSA) is 50.4 Å². The molecular weight excluding hydrogens is 225 g/mol. The van der Waals surface area contributed by atoms with Crippen molar-refractivity contribution in [2.24, 2.45) is 0 Å². The lowest BCUT2D eigenvalue weighted by Gasteiger charge is -2.08. The van der Waals surface area contributed by atoms with E-state index in [4.69, 9.17) is 0 Å². The maximum absolute atomic E-state index is 11.6. The van der Waals surface area contributed by atoms with Gasteiger partial charge < -0.3 is 15.4 Å². The summed E-state index contributed by atoms with van der Waals surface area (Å²) >= 11 is 0. The summed E-state index contributed by atoms with van der Waals surface area (Å²) in [6, 6.07) is 0. The summed E-state index contributed by atoms with van der Waals surface area (Å²) < 4.78 is 39.2. The number of hydrogen-bond acceptors (Lipinski definition) is 3. The molecule has 0 fully saturated rings. The van der Waals surface area contributed by atoms with E-state index in [9.17, 15) is 18.0 Å². The molecule has 1 amide bonds. The molecule has 0 saturated carbocycles. The van der Waals surface area contributed by atoms with E-state index < -0.39 is 12.8 Å². The quantitative estimate of drug-likeness (QED) is 0.615. The first-order valence-corrected chi connectivity index (χ1v) is 5.07. The van der Waals surface area contributed by atoms with Crippen LogP contribution in [0.2, 0.25) is 0 Å². The molecule has 0 aliphatic carbocycles. The molecule has 0 aliphatic heterocycles. The number of carbonyl (C=O) groups is 1. The molecule has 2 N–H and O–H groups in total. The van der Waals surface area contributed by atoms with Crippen molar-refractivity contribution in [3.63, 3.8) is 0 Å². The SMILES string of the molecule is CCCNC(=O)CNCCOCC(F)(F)F.